The summed E-state index contributed by atoms with van der Waals surface area (Å²) < 4.78 is 5.31. The van der Waals surface area contributed by atoms with E-state index in [1.54, 1.807) is 7.11 Å². The van der Waals surface area contributed by atoms with Gasteiger partial charge in [-0.25, -0.2) is 0 Å². The van der Waals surface area contributed by atoms with Crippen LogP contribution < -0.4 is 4.74 Å². The second-order valence-electron chi connectivity index (χ2n) is 9.57. The van der Waals surface area contributed by atoms with Crippen molar-refractivity contribution in [3.05, 3.63) is 66.4 Å². The Kier molecular flexibility index (Phi) is 7.56. The first kappa shape index (κ1) is 24.1. The molecule has 6 nitrogen and oxygen atoms in total. The van der Waals surface area contributed by atoms with Crippen molar-refractivity contribution in [2.45, 2.75) is 35.6 Å². The summed E-state index contributed by atoms with van der Waals surface area (Å²) in [6.07, 6.45) is 3.79. The monoisotopic (exact) mass is 490 g/mol. The SMILES string of the molecule is COc1ccc(S[C@@H]2C[C@@H](C(=O)N3CCCN(C)CC3)N(Cc3ccnc4ccccc34)C2)cc1. The predicted molar refractivity (Wildman–Crippen MR) is 142 cm³/mol. The summed E-state index contributed by atoms with van der Waals surface area (Å²) in [5.74, 6) is 1.16. The van der Waals surface area contributed by atoms with Crippen LogP contribution in [0.4, 0.5) is 0 Å². The van der Waals surface area contributed by atoms with E-state index in [1.165, 1.54) is 15.8 Å². The highest BCUT2D eigenvalue weighted by atomic mass is 32.2. The summed E-state index contributed by atoms with van der Waals surface area (Å²) in [5, 5.41) is 1.53. The molecule has 0 radical (unpaired) electrons. The Morgan fingerprint density at radius 2 is 1.89 bits per heavy atom. The van der Waals surface area contributed by atoms with Crippen LogP contribution >= 0.6 is 11.8 Å². The fraction of sp³-hybridized carbons (Fsp3) is 0.429. The average molecular weight is 491 g/mol. The molecule has 0 aliphatic carbocycles. The second-order valence-corrected chi connectivity index (χ2v) is 10.9. The number of thioether (sulfide) groups is 1. The van der Waals surface area contributed by atoms with Gasteiger partial charge >= 0.3 is 0 Å². The first-order chi connectivity index (χ1) is 17.1. The van der Waals surface area contributed by atoms with Crippen LogP contribution in [0.15, 0.2) is 65.7 Å². The number of carbonyl (C=O) groups excluding carboxylic acids is 1. The molecule has 0 bridgehead atoms. The lowest BCUT2D eigenvalue weighted by molar-refractivity contribution is -0.136. The molecule has 2 aliphatic heterocycles. The molecule has 1 aromatic heterocycles. The van der Waals surface area contributed by atoms with Gasteiger partial charge < -0.3 is 14.5 Å². The Labute approximate surface area is 212 Å². The van der Waals surface area contributed by atoms with Gasteiger partial charge in [0.05, 0.1) is 18.7 Å². The molecule has 7 heteroatoms. The molecule has 184 valence electrons. The fourth-order valence-electron chi connectivity index (χ4n) is 5.21. The van der Waals surface area contributed by atoms with Crippen molar-refractivity contribution in [3.8, 4) is 5.75 Å². The number of ether oxygens (including phenoxy) is 1. The van der Waals surface area contributed by atoms with Crippen LogP contribution in [0.2, 0.25) is 0 Å². The number of hydrogen-bond donors (Lipinski definition) is 0. The van der Waals surface area contributed by atoms with Gasteiger partial charge in [-0.2, -0.15) is 0 Å². The summed E-state index contributed by atoms with van der Waals surface area (Å²) in [6, 6.07) is 18.5. The van der Waals surface area contributed by atoms with Crippen molar-refractivity contribution in [1.82, 2.24) is 19.7 Å². The first-order valence-corrected chi connectivity index (χ1v) is 13.3. The number of nitrogens with zero attached hydrogens (tertiary/aromatic N) is 4. The summed E-state index contributed by atoms with van der Waals surface area (Å²) in [4.78, 5) is 26.4. The van der Waals surface area contributed by atoms with Crippen molar-refractivity contribution in [2.75, 3.05) is 46.9 Å². The van der Waals surface area contributed by atoms with E-state index in [1.807, 2.05) is 36.2 Å². The molecular formula is C28H34N4O2S. The molecular weight excluding hydrogens is 456 g/mol. The van der Waals surface area contributed by atoms with Gasteiger partial charge in [0.15, 0.2) is 0 Å². The van der Waals surface area contributed by atoms with E-state index in [0.29, 0.717) is 5.25 Å². The minimum absolute atomic E-state index is 0.0962. The molecule has 1 amide bonds. The zero-order valence-corrected chi connectivity index (χ0v) is 21.4. The minimum Gasteiger partial charge on any atom is -0.497 e. The molecule has 3 aromatic rings. The molecule has 35 heavy (non-hydrogen) atoms. The van der Waals surface area contributed by atoms with Gasteiger partial charge in [0.1, 0.15) is 5.75 Å². The molecule has 0 unspecified atom stereocenters. The smallest absolute Gasteiger partial charge is 0.240 e. The van der Waals surface area contributed by atoms with E-state index in [2.05, 4.69) is 63.1 Å². The van der Waals surface area contributed by atoms with E-state index in [4.69, 9.17) is 4.74 Å². The molecule has 2 atom stereocenters. The fourth-order valence-corrected chi connectivity index (χ4v) is 6.44. The molecule has 3 heterocycles. The summed E-state index contributed by atoms with van der Waals surface area (Å²) >= 11 is 1.87. The van der Waals surface area contributed by atoms with Crippen molar-refractivity contribution in [2.24, 2.45) is 0 Å². The summed E-state index contributed by atoms with van der Waals surface area (Å²) in [7, 11) is 3.84. The molecule has 2 fully saturated rings. The van der Waals surface area contributed by atoms with Gasteiger partial charge in [-0.3, -0.25) is 14.7 Å². The Morgan fingerprint density at radius 1 is 1.06 bits per heavy atom. The van der Waals surface area contributed by atoms with E-state index >= 15 is 0 Å². The summed E-state index contributed by atoms with van der Waals surface area (Å²) in [6.45, 7) is 5.30. The summed E-state index contributed by atoms with van der Waals surface area (Å²) in [5.41, 5.74) is 2.24. The molecule has 2 aromatic carbocycles. The topological polar surface area (TPSA) is 48.9 Å². The highest BCUT2D eigenvalue weighted by molar-refractivity contribution is 8.00. The second kappa shape index (κ2) is 11.0. The van der Waals surface area contributed by atoms with Crippen LogP contribution in [0.3, 0.4) is 0 Å². The number of amides is 1. The number of pyridine rings is 1. The highest BCUT2D eigenvalue weighted by Gasteiger charge is 2.39. The van der Waals surface area contributed by atoms with Gasteiger partial charge in [0.25, 0.3) is 0 Å². The molecule has 0 spiro atoms. The van der Waals surface area contributed by atoms with Crippen molar-refractivity contribution in [1.29, 1.82) is 0 Å². The molecule has 0 saturated carbocycles. The molecule has 2 saturated heterocycles. The van der Waals surface area contributed by atoms with Crippen LogP contribution in [0.5, 0.6) is 5.75 Å². The Balaban J connectivity index is 1.37. The Morgan fingerprint density at radius 3 is 2.71 bits per heavy atom. The standard InChI is InChI=1S/C28H34N4O2S/c1-30-14-5-15-31(17-16-30)28(33)27-18-24(35-23-10-8-22(34-2)9-11-23)20-32(27)19-21-12-13-29-26-7-4-3-6-25(21)26/h3-4,6-13,24,27H,5,14-20H2,1-2H3/t24-,27+/m1/s1. The molecule has 5 rings (SSSR count). The van der Waals surface area contributed by atoms with E-state index in [-0.39, 0.29) is 11.9 Å². The average Bonchev–Trinajstić information content (AvgIpc) is 3.14. The van der Waals surface area contributed by atoms with Gasteiger partial charge in [0.2, 0.25) is 5.91 Å². The predicted octanol–water partition coefficient (Wildman–Crippen LogP) is 4.14. The van der Waals surface area contributed by atoms with Gasteiger partial charge in [-0.1, -0.05) is 18.2 Å². The van der Waals surface area contributed by atoms with Gasteiger partial charge in [-0.05, 0) is 68.4 Å². The van der Waals surface area contributed by atoms with Crippen molar-refractivity contribution >= 4 is 28.6 Å². The lowest BCUT2D eigenvalue weighted by atomic mass is 10.1. The largest absolute Gasteiger partial charge is 0.497 e. The van der Waals surface area contributed by atoms with Crippen molar-refractivity contribution < 1.29 is 9.53 Å². The molecule has 2 aliphatic rings. The lowest BCUT2D eigenvalue weighted by Crippen LogP contribution is -2.46. The zero-order valence-electron chi connectivity index (χ0n) is 20.6. The molecule has 0 N–H and O–H groups in total. The number of carbonyl (C=O) groups is 1. The number of rotatable bonds is 6. The third kappa shape index (κ3) is 5.63. The number of likely N-dealkylation sites (tertiary alicyclic amines) is 1. The third-order valence-electron chi connectivity index (χ3n) is 7.16. The number of methoxy groups -OCH3 is 1. The minimum atomic E-state index is -0.0962. The van der Waals surface area contributed by atoms with Crippen LogP contribution in [0.1, 0.15) is 18.4 Å². The number of aromatic nitrogens is 1. The lowest BCUT2D eigenvalue weighted by Gasteiger charge is -2.29. The Hall–Kier alpha value is -2.61. The number of para-hydroxylation sites is 1. The number of fused-ring (bicyclic) bond motifs is 1. The van der Waals surface area contributed by atoms with Crippen LogP contribution in [0, 0.1) is 0 Å². The third-order valence-corrected chi connectivity index (χ3v) is 8.38. The maximum Gasteiger partial charge on any atom is 0.240 e. The zero-order chi connectivity index (χ0) is 24.2. The van der Waals surface area contributed by atoms with E-state index in [0.717, 1.165) is 63.4 Å². The van der Waals surface area contributed by atoms with Gasteiger partial charge in [0, 0.05) is 54.5 Å². The van der Waals surface area contributed by atoms with E-state index < -0.39 is 0 Å². The maximum atomic E-state index is 13.8. The first-order valence-electron chi connectivity index (χ1n) is 12.5. The normalized spacial score (nSPS) is 21.8. The highest BCUT2D eigenvalue weighted by Crippen LogP contribution is 2.35. The number of hydrogen-bond acceptors (Lipinski definition) is 6. The number of likely N-dealkylation sites (N-methyl/N-ethyl adjacent to an activating group) is 1. The quantitative estimate of drug-likeness (QED) is 0.518. The number of benzene rings is 2. The van der Waals surface area contributed by atoms with Crippen LogP contribution in [-0.4, -0.2) is 83.8 Å². The maximum absolute atomic E-state index is 13.8. The van der Waals surface area contributed by atoms with Gasteiger partial charge in [-0.15, -0.1) is 11.8 Å². The Bertz CT molecular complexity index is 1150. The van der Waals surface area contributed by atoms with Crippen LogP contribution in [-0.2, 0) is 11.3 Å². The van der Waals surface area contributed by atoms with Crippen LogP contribution in [0.25, 0.3) is 10.9 Å². The van der Waals surface area contributed by atoms with Crippen molar-refractivity contribution in [3.63, 3.8) is 0 Å². The van der Waals surface area contributed by atoms with E-state index in [9.17, 15) is 4.79 Å².